The number of aromatic nitrogens is 2. The van der Waals surface area contributed by atoms with Crippen molar-refractivity contribution in [3.05, 3.63) is 12.0 Å². The van der Waals surface area contributed by atoms with Crippen LogP contribution in [-0.2, 0) is 10.0 Å². The summed E-state index contributed by atoms with van der Waals surface area (Å²) < 4.78 is 26.4. The Hall–Kier alpha value is -0.920. The molecule has 0 bridgehead atoms. The SMILES string of the molecule is Cc1ncc(S(=O)(=O)NCCC2CCCNC2)[nH]1. The maximum absolute atomic E-state index is 11.9. The van der Waals surface area contributed by atoms with Crippen LogP contribution in [0.3, 0.4) is 0 Å². The Bertz CT molecular complexity index is 477. The van der Waals surface area contributed by atoms with Crippen molar-refractivity contribution in [2.45, 2.75) is 31.2 Å². The van der Waals surface area contributed by atoms with E-state index in [0.717, 1.165) is 19.5 Å². The Morgan fingerprint density at radius 2 is 2.39 bits per heavy atom. The molecule has 1 fully saturated rings. The Kier molecular flexibility index (Phi) is 4.36. The highest BCUT2D eigenvalue weighted by atomic mass is 32.2. The molecule has 1 unspecified atom stereocenters. The van der Waals surface area contributed by atoms with Gasteiger partial charge in [0.1, 0.15) is 5.82 Å². The van der Waals surface area contributed by atoms with Crippen LogP contribution in [0, 0.1) is 12.8 Å². The van der Waals surface area contributed by atoms with E-state index in [9.17, 15) is 8.42 Å². The van der Waals surface area contributed by atoms with Gasteiger partial charge in [0.05, 0.1) is 6.20 Å². The van der Waals surface area contributed by atoms with Crippen molar-refractivity contribution in [1.82, 2.24) is 20.0 Å². The van der Waals surface area contributed by atoms with Crippen LogP contribution < -0.4 is 10.0 Å². The molecule has 1 saturated heterocycles. The first-order valence-electron chi connectivity index (χ1n) is 6.30. The van der Waals surface area contributed by atoms with Gasteiger partial charge >= 0.3 is 0 Å². The van der Waals surface area contributed by atoms with Crippen molar-refractivity contribution in [2.24, 2.45) is 5.92 Å². The Morgan fingerprint density at radius 1 is 1.56 bits per heavy atom. The van der Waals surface area contributed by atoms with Gasteiger partial charge in [-0.25, -0.2) is 18.1 Å². The zero-order valence-electron chi connectivity index (χ0n) is 10.6. The summed E-state index contributed by atoms with van der Waals surface area (Å²) in [5.41, 5.74) is 0. The van der Waals surface area contributed by atoms with Crippen LogP contribution in [-0.4, -0.2) is 38.0 Å². The van der Waals surface area contributed by atoms with Crippen LogP contribution >= 0.6 is 0 Å². The number of piperidine rings is 1. The molecule has 0 aromatic carbocycles. The van der Waals surface area contributed by atoms with E-state index in [-0.39, 0.29) is 5.03 Å². The molecule has 1 aromatic heterocycles. The number of aromatic amines is 1. The first-order chi connectivity index (χ1) is 8.58. The smallest absolute Gasteiger partial charge is 0.257 e. The summed E-state index contributed by atoms with van der Waals surface area (Å²) in [6.07, 6.45) is 4.58. The standard InChI is InChI=1S/C11H20N4O2S/c1-9-13-8-11(15-9)18(16,17)14-6-4-10-3-2-5-12-7-10/h8,10,12,14H,2-7H2,1H3,(H,13,15). The molecule has 3 N–H and O–H groups in total. The lowest BCUT2D eigenvalue weighted by Gasteiger charge is -2.22. The monoisotopic (exact) mass is 272 g/mol. The number of rotatable bonds is 5. The maximum Gasteiger partial charge on any atom is 0.257 e. The van der Waals surface area contributed by atoms with Gasteiger partial charge in [-0.15, -0.1) is 0 Å². The zero-order valence-corrected chi connectivity index (χ0v) is 11.4. The van der Waals surface area contributed by atoms with Crippen LogP contribution in [0.4, 0.5) is 0 Å². The van der Waals surface area contributed by atoms with Gasteiger partial charge in [0.25, 0.3) is 10.0 Å². The van der Waals surface area contributed by atoms with Gasteiger partial charge in [0, 0.05) is 6.54 Å². The minimum atomic E-state index is -3.43. The summed E-state index contributed by atoms with van der Waals surface area (Å²) in [5.74, 6) is 1.18. The van der Waals surface area contributed by atoms with E-state index in [2.05, 4.69) is 20.0 Å². The fourth-order valence-electron chi connectivity index (χ4n) is 2.18. The molecule has 7 heteroatoms. The molecule has 2 heterocycles. The van der Waals surface area contributed by atoms with E-state index in [4.69, 9.17) is 0 Å². The van der Waals surface area contributed by atoms with E-state index in [0.29, 0.717) is 18.3 Å². The summed E-state index contributed by atoms with van der Waals surface area (Å²) in [6, 6.07) is 0. The molecule has 0 spiro atoms. The van der Waals surface area contributed by atoms with Crippen molar-refractivity contribution in [2.75, 3.05) is 19.6 Å². The quantitative estimate of drug-likeness (QED) is 0.723. The number of aryl methyl sites for hydroxylation is 1. The summed E-state index contributed by atoms with van der Waals surface area (Å²) in [4.78, 5) is 6.63. The molecular weight excluding hydrogens is 252 g/mol. The van der Waals surface area contributed by atoms with Crippen LogP contribution in [0.25, 0.3) is 0 Å². The molecule has 1 atom stereocenters. The van der Waals surface area contributed by atoms with Gasteiger partial charge in [-0.2, -0.15) is 0 Å². The molecule has 1 aromatic rings. The zero-order chi connectivity index (χ0) is 13.0. The third kappa shape index (κ3) is 3.54. The highest BCUT2D eigenvalue weighted by molar-refractivity contribution is 7.89. The summed E-state index contributed by atoms with van der Waals surface area (Å²) in [5, 5.41) is 3.46. The number of imidazole rings is 1. The molecular formula is C11H20N4O2S. The van der Waals surface area contributed by atoms with Gasteiger partial charge in [-0.05, 0) is 45.2 Å². The van der Waals surface area contributed by atoms with E-state index < -0.39 is 10.0 Å². The predicted octanol–water partition coefficient (Wildman–Crippen LogP) is 0.386. The summed E-state index contributed by atoms with van der Waals surface area (Å²) in [6.45, 7) is 4.28. The van der Waals surface area contributed by atoms with Crippen LogP contribution in [0.1, 0.15) is 25.1 Å². The van der Waals surface area contributed by atoms with Gasteiger partial charge < -0.3 is 10.3 Å². The van der Waals surface area contributed by atoms with Gasteiger partial charge in [0.15, 0.2) is 5.03 Å². The van der Waals surface area contributed by atoms with Gasteiger partial charge in [-0.3, -0.25) is 0 Å². The van der Waals surface area contributed by atoms with E-state index in [1.807, 2.05) is 0 Å². The topological polar surface area (TPSA) is 86.9 Å². The maximum atomic E-state index is 11.9. The molecule has 0 amide bonds. The number of nitrogens with zero attached hydrogens (tertiary/aromatic N) is 1. The number of sulfonamides is 1. The van der Waals surface area contributed by atoms with Crippen LogP contribution in [0.2, 0.25) is 0 Å². The van der Waals surface area contributed by atoms with Crippen molar-refractivity contribution in [3.8, 4) is 0 Å². The second-order valence-electron chi connectivity index (χ2n) is 4.73. The van der Waals surface area contributed by atoms with Crippen LogP contribution in [0.5, 0.6) is 0 Å². The third-order valence-electron chi connectivity index (χ3n) is 3.21. The van der Waals surface area contributed by atoms with Crippen molar-refractivity contribution >= 4 is 10.0 Å². The minimum Gasteiger partial charge on any atom is -0.332 e. The fraction of sp³-hybridized carbons (Fsp3) is 0.727. The van der Waals surface area contributed by atoms with Gasteiger partial charge in [-0.1, -0.05) is 0 Å². The Balaban J connectivity index is 1.82. The molecule has 0 radical (unpaired) electrons. The highest BCUT2D eigenvalue weighted by Crippen LogP contribution is 2.13. The number of H-pyrrole nitrogens is 1. The van der Waals surface area contributed by atoms with E-state index >= 15 is 0 Å². The second-order valence-corrected chi connectivity index (χ2v) is 6.47. The Morgan fingerprint density at radius 3 is 3.00 bits per heavy atom. The first-order valence-corrected chi connectivity index (χ1v) is 7.78. The van der Waals surface area contributed by atoms with Crippen molar-refractivity contribution < 1.29 is 8.42 Å². The third-order valence-corrected chi connectivity index (χ3v) is 4.58. The average molecular weight is 272 g/mol. The lowest BCUT2D eigenvalue weighted by molar-refractivity contribution is 0.358. The van der Waals surface area contributed by atoms with E-state index in [1.54, 1.807) is 6.92 Å². The fourth-order valence-corrected chi connectivity index (χ4v) is 3.20. The molecule has 102 valence electrons. The van der Waals surface area contributed by atoms with Crippen LogP contribution in [0.15, 0.2) is 11.2 Å². The molecule has 2 rings (SSSR count). The molecule has 0 saturated carbocycles. The predicted molar refractivity (Wildman–Crippen MR) is 68.7 cm³/mol. The number of nitrogens with one attached hydrogen (secondary N) is 3. The molecule has 6 nitrogen and oxygen atoms in total. The molecule has 1 aliphatic heterocycles. The molecule has 1 aliphatic rings. The number of hydrogen-bond donors (Lipinski definition) is 3. The van der Waals surface area contributed by atoms with Gasteiger partial charge in [0.2, 0.25) is 0 Å². The average Bonchev–Trinajstić information content (AvgIpc) is 2.78. The minimum absolute atomic E-state index is 0.141. The summed E-state index contributed by atoms with van der Waals surface area (Å²) >= 11 is 0. The first kappa shape index (κ1) is 13.5. The second kappa shape index (κ2) is 5.81. The van der Waals surface area contributed by atoms with E-state index in [1.165, 1.54) is 19.0 Å². The summed E-state index contributed by atoms with van der Waals surface area (Å²) in [7, 11) is -3.43. The highest BCUT2D eigenvalue weighted by Gasteiger charge is 2.18. The molecule has 18 heavy (non-hydrogen) atoms. The number of hydrogen-bond acceptors (Lipinski definition) is 4. The lowest BCUT2D eigenvalue weighted by atomic mass is 9.96. The molecule has 0 aliphatic carbocycles. The Labute approximate surface area is 108 Å². The largest absolute Gasteiger partial charge is 0.332 e. The van der Waals surface area contributed by atoms with Crippen molar-refractivity contribution in [1.29, 1.82) is 0 Å². The lowest BCUT2D eigenvalue weighted by Crippen LogP contribution is -2.33. The van der Waals surface area contributed by atoms with Crippen molar-refractivity contribution in [3.63, 3.8) is 0 Å². The normalized spacial score (nSPS) is 21.1.